The molecule has 1 aliphatic heterocycles. The van der Waals surface area contributed by atoms with Crippen molar-refractivity contribution in [2.24, 2.45) is 5.92 Å². The Morgan fingerprint density at radius 3 is 2.70 bits per heavy atom. The van der Waals surface area contributed by atoms with Crippen LogP contribution in [0.1, 0.15) is 27.2 Å². The number of para-hydroxylation sites is 1. The summed E-state index contributed by atoms with van der Waals surface area (Å²) in [5.74, 6) is 0.119. The summed E-state index contributed by atoms with van der Waals surface area (Å²) in [4.78, 5) is 14.7. The summed E-state index contributed by atoms with van der Waals surface area (Å²) < 4.78 is 11.3. The Labute approximate surface area is 119 Å². The second-order valence-corrected chi connectivity index (χ2v) is 6.59. The molecule has 20 heavy (non-hydrogen) atoms. The van der Waals surface area contributed by atoms with Crippen LogP contribution < -0.4 is 4.90 Å². The number of fused-ring (bicyclic) bond motifs is 1. The number of hydrogen-bond donors (Lipinski definition) is 0. The molecule has 2 fully saturated rings. The Kier molecular flexibility index (Phi) is 3.01. The van der Waals surface area contributed by atoms with Gasteiger partial charge >= 0.3 is 5.97 Å². The molecule has 1 saturated carbocycles. The molecular weight excluding hydrogens is 254 g/mol. The van der Waals surface area contributed by atoms with Gasteiger partial charge in [-0.3, -0.25) is 0 Å². The molecule has 0 bridgehead atoms. The number of rotatable bonds is 2. The molecule has 1 saturated heterocycles. The first-order valence-electron chi connectivity index (χ1n) is 7.07. The van der Waals surface area contributed by atoms with Gasteiger partial charge in [-0.05, 0) is 39.3 Å². The normalized spacial score (nSPS) is 28.8. The molecule has 0 N–H and O–H groups in total. The predicted molar refractivity (Wildman–Crippen MR) is 76.4 cm³/mol. The van der Waals surface area contributed by atoms with Crippen LogP contribution in [0.15, 0.2) is 30.3 Å². The molecular formula is C16H21NO3. The number of anilines is 1. The second-order valence-electron chi connectivity index (χ2n) is 6.59. The molecule has 1 aromatic rings. The summed E-state index contributed by atoms with van der Waals surface area (Å²) in [7, 11) is 0. The minimum atomic E-state index is -0.521. The number of hydrogen-bond acceptors (Lipinski definition) is 4. The van der Waals surface area contributed by atoms with Crippen molar-refractivity contribution < 1.29 is 14.3 Å². The minimum absolute atomic E-state index is 0.123. The summed E-state index contributed by atoms with van der Waals surface area (Å²) in [6.45, 7) is 6.81. The first-order chi connectivity index (χ1) is 9.43. The van der Waals surface area contributed by atoms with Crippen molar-refractivity contribution in [3.8, 4) is 0 Å². The maximum Gasteiger partial charge on any atom is 0.332 e. The smallest absolute Gasteiger partial charge is 0.332 e. The fourth-order valence-corrected chi connectivity index (χ4v) is 2.89. The highest BCUT2D eigenvalue weighted by Crippen LogP contribution is 2.53. The molecule has 0 amide bonds. The Bertz CT molecular complexity index is 508. The fraction of sp³-hybridized carbons (Fsp3) is 0.562. The minimum Gasteiger partial charge on any atom is -0.458 e. The quantitative estimate of drug-likeness (QED) is 0.778. The van der Waals surface area contributed by atoms with E-state index in [1.54, 1.807) is 0 Å². The van der Waals surface area contributed by atoms with Crippen LogP contribution in [0.25, 0.3) is 0 Å². The lowest BCUT2D eigenvalue weighted by atomic mass is 10.1. The van der Waals surface area contributed by atoms with Gasteiger partial charge in [0, 0.05) is 11.6 Å². The van der Waals surface area contributed by atoms with Gasteiger partial charge in [0.2, 0.25) is 0 Å². The zero-order valence-electron chi connectivity index (χ0n) is 12.3. The Morgan fingerprint density at radius 1 is 1.35 bits per heavy atom. The third-order valence-corrected chi connectivity index (χ3v) is 3.91. The highest BCUT2D eigenvalue weighted by atomic mass is 16.6. The van der Waals surface area contributed by atoms with Gasteiger partial charge < -0.3 is 14.4 Å². The van der Waals surface area contributed by atoms with E-state index in [0.717, 1.165) is 12.1 Å². The number of carbonyl (C=O) groups is 1. The van der Waals surface area contributed by atoms with E-state index in [2.05, 4.69) is 4.90 Å². The molecule has 4 nitrogen and oxygen atoms in total. The molecule has 2 unspecified atom stereocenters. The van der Waals surface area contributed by atoms with Crippen LogP contribution in [0.5, 0.6) is 0 Å². The Morgan fingerprint density at radius 2 is 2.05 bits per heavy atom. The third-order valence-electron chi connectivity index (χ3n) is 3.91. The highest BCUT2D eigenvalue weighted by molar-refractivity contribution is 5.90. The number of benzene rings is 1. The van der Waals surface area contributed by atoms with E-state index in [1.165, 1.54) is 0 Å². The van der Waals surface area contributed by atoms with Crippen LogP contribution in [0.2, 0.25) is 0 Å². The zero-order valence-corrected chi connectivity index (χ0v) is 12.3. The van der Waals surface area contributed by atoms with E-state index in [1.807, 2.05) is 51.1 Å². The van der Waals surface area contributed by atoms with Crippen molar-refractivity contribution in [1.82, 2.24) is 0 Å². The number of esters is 1. The average Bonchev–Trinajstić information content (AvgIpc) is 3.13. The van der Waals surface area contributed by atoms with E-state index < -0.39 is 11.1 Å². The summed E-state index contributed by atoms with van der Waals surface area (Å²) in [5, 5.41) is 0. The van der Waals surface area contributed by atoms with Gasteiger partial charge in [-0.2, -0.15) is 0 Å². The summed E-state index contributed by atoms with van der Waals surface area (Å²) in [5.41, 5.74) is 0.0348. The molecule has 4 heteroatoms. The van der Waals surface area contributed by atoms with Crippen molar-refractivity contribution >= 4 is 11.7 Å². The summed E-state index contributed by atoms with van der Waals surface area (Å²) in [6, 6.07) is 9.94. The van der Waals surface area contributed by atoms with E-state index in [-0.39, 0.29) is 11.9 Å². The first kappa shape index (κ1) is 13.4. The molecule has 2 aliphatic rings. The van der Waals surface area contributed by atoms with E-state index >= 15 is 0 Å². The van der Waals surface area contributed by atoms with Crippen molar-refractivity contribution in [2.75, 3.05) is 18.2 Å². The van der Waals surface area contributed by atoms with Gasteiger partial charge in [0.25, 0.3) is 0 Å². The highest BCUT2D eigenvalue weighted by Gasteiger charge is 2.67. The predicted octanol–water partition coefficient (Wildman–Crippen LogP) is 2.58. The van der Waals surface area contributed by atoms with E-state index in [0.29, 0.717) is 13.3 Å². The zero-order chi connectivity index (χ0) is 14.4. The summed E-state index contributed by atoms with van der Waals surface area (Å²) >= 11 is 0. The lowest BCUT2D eigenvalue weighted by Gasteiger charge is -2.37. The lowest BCUT2D eigenvalue weighted by Crippen LogP contribution is -2.52. The molecule has 1 heterocycles. The Hall–Kier alpha value is -1.55. The molecule has 0 radical (unpaired) electrons. The second kappa shape index (κ2) is 4.48. The molecule has 108 valence electrons. The number of ether oxygens (including phenoxy) is 2. The van der Waals surface area contributed by atoms with Crippen LogP contribution in [0.4, 0.5) is 5.69 Å². The van der Waals surface area contributed by atoms with Gasteiger partial charge in [0.05, 0.1) is 6.61 Å². The van der Waals surface area contributed by atoms with Crippen molar-refractivity contribution in [3.63, 3.8) is 0 Å². The average molecular weight is 275 g/mol. The van der Waals surface area contributed by atoms with Gasteiger partial charge in [-0.1, -0.05) is 18.2 Å². The van der Waals surface area contributed by atoms with Crippen molar-refractivity contribution in [3.05, 3.63) is 30.3 Å². The molecule has 3 rings (SSSR count). The Balaban J connectivity index is 1.88. The van der Waals surface area contributed by atoms with Crippen molar-refractivity contribution in [2.45, 2.75) is 38.3 Å². The molecule has 0 spiro atoms. The van der Waals surface area contributed by atoms with Crippen LogP contribution in [-0.2, 0) is 14.3 Å². The van der Waals surface area contributed by atoms with Crippen LogP contribution >= 0.6 is 0 Å². The summed E-state index contributed by atoms with van der Waals surface area (Å²) in [6.07, 6.45) is 0.816. The number of carbonyl (C=O) groups excluding carboxylic acids is 1. The van der Waals surface area contributed by atoms with Gasteiger partial charge in [0.1, 0.15) is 17.9 Å². The molecule has 1 aromatic carbocycles. The first-order valence-corrected chi connectivity index (χ1v) is 7.07. The fourth-order valence-electron chi connectivity index (χ4n) is 2.89. The maximum absolute atomic E-state index is 12.6. The molecule has 2 atom stereocenters. The van der Waals surface area contributed by atoms with Crippen LogP contribution in [0, 0.1) is 5.92 Å². The van der Waals surface area contributed by atoms with Gasteiger partial charge in [-0.15, -0.1) is 0 Å². The lowest BCUT2D eigenvalue weighted by molar-refractivity contribution is -0.160. The SMILES string of the molecule is CC(C)(C)OC(=O)C12CC1COCN2c1ccccc1. The van der Waals surface area contributed by atoms with E-state index in [4.69, 9.17) is 9.47 Å². The molecule has 0 aromatic heterocycles. The monoisotopic (exact) mass is 275 g/mol. The van der Waals surface area contributed by atoms with Crippen LogP contribution in [0.3, 0.4) is 0 Å². The largest absolute Gasteiger partial charge is 0.458 e. The van der Waals surface area contributed by atoms with Gasteiger partial charge in [0.15, 0.2) is 0 Å². The topological polar surface area (TPSA) is 38.8 Å². The van der Waals surface area contributed by atoms with Crippen molar-refractivity contribution in [1.29, 1.82) is 0 Å². The molecule has 1 aliphatic carbocycles. The van der Waals surface area contributed by atoms with Gasteiger partial charge in [-0.25, -0.2) is 4.79 Å². The maximum atomic E-state index is 12.6. The van der Waals surface area contributed by atoms with E-state index in [9.17, 15) is 4.79 Å². The number of nitrogens with zero attached hydrogens (tertiary/aromatic N) is 1. The van der Waals surface area contributed by atoms with Crippen LogP contribution in [-0.4, -0.2) is 30.4 Å². The third kappa shape index (κ3) is 2.18. The standard InChI is InChI=1S/C16H21NO3/c1-15(2,3)20-14(18)16-9-12(16)10-19-11-17(16)13-7-5-4-6-8-13/h4-8,12H,9-11H2,1-3H3.